The highest BCUT2D eigenvalue weighted by atomic mass is 15.0. The van der Waals surface area contributed by atoms with Crippen LogP contribution in [-0.4, -0.2) is 9.13 Å². The van der Waals surface area contributed by atoms with Gasteiger partial charge in [-0.15, -0.1) is 0 Å². The summed E-state index contributed by atoms with van der Waals surface area (Å²) < 4.78 is 4.59. The van der Waals surface area contributed by atoms with E-state index in [-0.39, 0.29) is 5.41 Å². The third-order valence-electron chi connectivity index (χ3n) is 9.07. The van der Waals surface area contributed by atoms with Gasteiger partial charge in [-0.2, -0.15) is 5.26 Å². The van der Waals surface area contributed by atoms with Crippen molar-refractivity contribution in [2.75, 3.05) is 0 Å². The van der Waals surface area contributed by atoms with Crippen molar-refractivity contribution in [3.63, 3.8) is 0 Å². The largest absolute Gasteiger partial charge is 0.309 e. The van der Waals surface area contributed by atoms with E-state index < -0.39 is 0 Å². The molecule has 4 nitrogen and oxygen atoms in total. The summed E-state index contributed by atoms with van der Waals surface area (Å²) in [6, 6.07) is 46.9. The summed E-state index contributed by atoms with van der Waals surface area (Å²) >= 11 is 0. The van der Waals surface area contributed by atoms with Crippen LogP contribution in [0.3, 0.4) is 0 Å². The van der Waals surface area contributed by atoms with E-state index in [4.69, 9.17) is 6.57 Å². The van der Waals surface area contributed by atoms with Crippen LogP contribution in [0.1, 0.15) is 31.9 Å². The molecule has 0 aliphatic carbocycles. The Kier molecular flexibility index (Phi) is 6.11. The van der Waals surface area contributed by atoms with Gasteiger partial charge in [-0.05, 0) is 64.6 Å². The fourth-order valence-electron chi connectivity index (χ4n) is 7.08. The van der Waals surface area contributed by atoms with E-state index in [0.29, 0.717) is 11.3 Å². The molecule has 0 radical (unpaired) electrons. The summed E-state index contributed by atoms with van der Waals surface area (Å²) in [4.78, 5) is 3.71. The van der Waals surface area contributed by atoms with Crippen molar-refractivity contribution in [2.45, 2.75) is 26.2 Å². The summed E-state index contributed by atoms with van der Waals surface area (Å²) in [6.45, 7) is 14.1. The number of hydrogen-bond acceptors (Lipinski definition) is 1. The minimum atomic E-state index is -0.299. The predicted molar refractivity (Wildman–Crippen MR) is 190 cm³/mol. The molecule has 0 saturated heterocycles. The van der Waals surface area contributed by atoms with Gasteiger partial charge in [0.2, 0.25) is 0 Å². The van der Waals surface area contributed by atoms with Crippen LogP contribution in [0.5, 0.6) is 0 Å². The second kappa shape index (κ2) is 10.2. The van der Waals surface area contributed by atoms with Gasteiger partial charge < -0.3 is 9.13 Å². The SMILES string of the molecule is [C-]#[N+]c1cc(C#N)c(-n2c3ccccc3c3c(-c4ccc5c6ccccc6n(-c6ccccc6)c5c4)cccc32)c(C(C)(C)C)c1. The van der Waals surface area contributed by atoms with Gasteiger partial charge in [0, 0.05) is 27.2 Å². The average molecular weight is 591 g/mol. The number of para-hydroxylation sites is 3. The van der Waals surface area contributed by atoms with Gasteiger partial charge in [-0.25, -0.2) is 4.85 Å². The third kappa shape index (κ3) is 4.05. The minimum absolute atomic E-state index is 0.299. The molecule has 4 heteroatoms. The Labute approximate surface area is 267 Å². The molecule has 2 aromatic heterocycles. The molecule has 0 aliphatic rings. The first-order valence-electron chi connectivity index (χ1n) is 15.5. The van der Waals surface area contributed by atoms with Gasteiger partial charge in [-0.1, -0.05) is 106 Å². The molecule has 0 aliphatic heterocycles. The normalized spacial score (nSPS) is 11.8. The maximum Gasteiger partial charge on any atom is 0.188 e. The zero-order valence-corrected chi connectivity index (χ0v) is 25.9. The zero-order valence-electron chi connectivity index (χ0n) is 25.9. The number of nitrogens with zero attached hydrogens (tertiary/aromatic N) is 4. The molecule has 0 fully saturated rings. The maximum absolute atomic E-state index is 10.4. The Balaban J connectivity index is 1.47. The standard InChI is InChI=1S/C42H30N4/c1-42(2,3)35-25-29(44-4)23-28(26-43)41(35)46-37-19-11-9-16-34(37)40-31(17-12-20-38(40)46)27-21-22-33-32-15-8-10-18-36(32)45(39(33)24-27)30-13-6-5-7-14-30/h5-25H,1-3H3. The molecule has 8 rings (SSSR count). The minimum Gasteiger partial charge on any atom is -0.309 e. The Bertz CT molecular complexity index is 2580. The maximum atomic E-state index is 10.4. The van der Waals surface area contributed by atoms with Crippen LogP contribution in [0.4, 0.5) is 5.69 Å². The molecule has 0 saturated carbocycles. The first-order chi connectivity index (χ1) is 22.4. The molecule has 0 N–H and O–H groups in total. The first kappa shape index (κ1) is 27.4. The van der Waals surface area contributed by atoms with Crippen LogP contribution >= 0.6 is 0 Å². The molecule has 46 heavy (non-hydrogen) atoms. The van der Waals surface area contributed by atoms with Gasteiger partial charge >= 0.3 is 0 Å². The van der Waals surface area contributed by atoms with E-state index >= 15 is 0 Å². The van der Waals surface area contributed by atoms with Crippen molar-refractivity contribution in [2.24, 2.45) is 0 Å². The van der Waals surface area contributed by atoms with E-state index in [1.54, 1.807) is 6.07 Å². The summed E-state index contributed by atoms with van der Waals surface area (Å²) in [5, 5.41) is 15.1. The van der Waals surface area contributed by atoms with Crippen molar-refractivity contribution in [1.82, 2.24) is 9.13 Å². The molecule has 0 bridgehead atoms. The molecule has 2 heterocycles. The lowest BCUT2D eigenvalue weighted by Gasteiger charge is -2.26. The lowest BCUT2D eigenvalue weighted by molar-refractivity contribution is 0.587. The molecular weight excluding hydrogens is 560 g/mol. The molecule has 6 aromatic carbocycles. The number of benzene rings is 6. The molecule has 8 aromatic rings. The van der Waals surface area contributed by atoms with Gasteiger partial charge in [0.05, 0.1) is 46.0 Å². The van der Waals surface area contributed by atoms with Crippen LogP contribution in [0.25, 0.3) is 71.0 Å². The molecule has 218 valence electrons. The average Bonchev–Trinajstić information content (AvgIpc) is 3.60. The quantitative estimate of drug-likeness (QED) is 0.189. The zero-order chi connectivity index (χ0) is 31.6. The topological polar surface area (TPSA) is 38.0 Å². The Hall–Kier alpha value is -6.10. The van der Waals surface area contributed by atoms with Crippen LogP contribution in [0, 0.1) is 17.9 Å². The Morgan fingerprint density at radius 1 is 0.630 bits per heavy atom. The van der Waals surface area contributed by atoms with Gasteiger partial charge in [0.1, 0.15) is 0 Å². The predicted octanol–water partition coefficient (Wildman–Crippen LogP) is 11.3. The van der Waals surface area contributed by atoms with Crippen LogP contribution in [0.15, 0.2) is 127 Å². The summed E-state index contributed by atoms with van der Waals surface area (Å²) in [5.41, 5.74) is 10.3. The van der Waals surface area contributed by atoms with E-state index in [1.807, 2.05) is 6.07 Å². The second-order valence-corrected chi connectivity index (χ2v) is 12.8. The van der Waals surface area contributed by atoms with Crippen molar-refractivity contribution >= 4 is 49.3 Å². The molecule has 0 spiro atoms. The van der Waals surface area contributed by atoms with Gasteiger partial charge in [0.15, 0.2) is 5.69 Å². The number of fused-ring (bicyclic) bond motifs is 6. The summed E-state index contributed by atoms with van der Waals surface area (Å²) in [7, 11) is 0. The third-order valence-corrected chi connectivity index (χ3v) is 9.07. The Morgan fingerprint density at radius 3 is 2.00 bits per heavy atom. The molecule has 0 unspecified atom stereocenters. The van der Waals surface area contributed by atoms with Crippen LogP contribution in [-0.2, 0) is 5.41 Å². The van der Waals surface area contributed by atoms with Crippen molar-refractivity contribution in [1.29, 1.82) is 5.26 Å². The van der Waals surface area contributed by atoms with Crippen molar-refractivity contribution in [3.8, 4) is 28.6 Å². The molecular formula is C42H30N4. The number of aromatic nitrogens is 2. The van der Waals surface area contributed by atoms with Crippen molar-refractivity contribution < 1.29 is 0 Å². The highest BCUT2D eigenvalue weighted by Crippen LogP contribution is 2.43. The highest BCUT2D eigenvalue weighted by Gasteiger charge is 2.26. The first-order valence-corrected chi connectivity index (χ1v) is 15.5. The van der Waals surface area contributed by atoms with Crippen LogP contribution in [0.2, 0.25) is 0 Å². The Morgan fingerprint density at radius 2 is 1.28 bits per heavy atom. The number of rotatable bonds is 3. The van der Waals surface area contributed by atoms with E-state index in [2.05, 4.69) is 156 Å². The monoisotopic (exact) mass is 590 g/mol. The fourth-order valence-corrected chi connectivity index (χ4v) is 7.08. The summed E-state index contributed by atoms with van der Waals surface area (Å²) in [5.74, 6) is 0. The highest BCUT2D eigenvalue weighted by molar-refractivity contribution is 6.17. The molecule has 0 amide bonds. The smallest absolute Gasteiger partial charge is 0.188 e. The van der Waals surface area contributed by atoms with Crippen LogP contribution < -0.4 is 0 Å². The molecule has 0 atom stereocenters. The van der Waals surface area contributed by atoms with E-state index in [9.17, 15) is 5.26 Å². The number of hydrogen-bond donors (Lipinski definition) is 0. The summed E-state index contributed by atoms with van der Waals surface area (Å²) in [6.07, 6.45) is 0. The van der Waals surface area contributed by atoms with Gasteiger partial charge in [0.25, 0.3) is 0 Å². The lowest BCUT2D eigenvalue weighted by atomic mass is 9.84. The van der Waals surface area contributed by atoms with Gasteiger partial charge in [-0.3, -0.25) is 0 Å². The van der Waals surface area contributed by atoms with E-state index in [1.165, 1.54) is 16.3 Å². The van der Waals surface area contributed by atoms with E-state index in [0.717, 1.165) is 55.4 Å². The second-order valence-electron chi connectivity index (χ2n) is 12.8. The number of nitriles is 1. The van der Waals surface area contributed by atoms with Crippen molar-refractivity contribution in [3.05, 3.63) is 150 Å². The fraction of sp³-hybridized carbons (Fsp3) is 0.0952. The lowest BCUT2D eigenvalue weighted by Crippen LogP contribution is -2.16.